The van der Waals surface area contributed by atoms with Crippen LogP contribution in [0.4, 0.5) is 0 Å². The van der Waals surface area contributed by atoms with Gasteiger partial charge in [0, 0.05) is 13.2 Å². The molecular weight excluding hydrogens is 272 g/mol. The molecule has 3 heterocycles. The highest BCUT2D eigenvalue weighted by Crippen LogP contribution is 2.16. The molecule has 92 valence electrons. The van der Waals surface area contributed by atoms with Crippen LogP contribution in [0.1, 0.15) is 5.82 Å². The van der Waals surface area contributed by atoms with Crippen molar-refractivity contribution in [1.82, 2.24) is 29.3 Å². The number of pyridine rings is 1. The van der Waals surface area contributed by atoms with E-state index in [4.69, 9.17) is 23.8 Å². The fraction of sp³-hybridized carbons (Fsp3) is 0.200. The van der Waals surface area contributed by atoms with Gasteiger partial charge in [-0.15, -0.1) is 0 Å². The lowest BCUT2D eigenvalue weighted by Gasteiger charge is -1.99. The third-order valence-electron chi connectivity index (χ3n) is 2.52. The Labute approximate surface area is 112 Å². The first-order valence-electron chi connectivity index (χ1n) is 5.22. The van der Waals surface area contributed by atoms with E-state index in [-0.39, 0.29) is 0 Å². The van der Waals surface area contributed by atoms with Gasteiger partial charge < -0.3 is 4.98 Å². The van der Waals surface area contributed by atoms with Gasteiger partial charge in [-0.05, 0) is 18.3 Å². The molecular formula is C10H9ClN6S. The number of rotatable bonds is 2. The van der Waals surface area contributed by atoms with Gasteiger partial charge in [0.25, 0.3) is 0 Å². The van der Waals surface area contributed by atoms with E-state index in [1.54, 1.807) is 23.3 Å². The number of hydrogen-bond acceptors (Lipinski definition) is 4. The maximum absolute atomic E-state index is 5.89. The van der Waals surface area contributed by atoms with E-state index in [0.717, 1.165) is 11.2 Å². The predicted molar refractivity (Wildman–Crippen MR) is 70.0 cm³/mol. The van der Waals surface area contributed by atoms with Gasteiger partial charge in [-0.25, -0.2) is 9.97 Å². The Morgan fingerprint density at radius 1 is 1.44 bits per heavy atom. The van der Waals surface area contributed by atoms with Gasteiger partial charge in [-0.1, -0.05) is 11.6 Å². The van der Waals surface area contributed by atoms with Gasteiger partial charge in [0.1, 0.15) is 6.33 Å². The third-order valence-corrected chi connectivity index (χ3v) is 3.05. The van der Waals surface area contributed by atoms with Crippen LogP contribution in [-0.2, 0) is 13.6 Å². The minimum Gasteiger partial charge on any atom is -0.329 e. The number of halogens is 1. The molecule has 0 radical (unpaired) electrons. The number of fused-ring (bicyclic) bond motifs is 1. The van der Waals surface area contributed by atoms with Gasteiger partial charge >= 0.3 is 0 Å². The number of aromatic nitrogens is 6. The van der Waals surface area contributed by atoms with E-state index < -0.39 is 0 Å². The minimum atomic E-state index is 0.480. The number of hydrogen-bond donors (Lipinski definition) is 1. The summed E-state index contributed by atoms with van der Waals surface area (Å²) in [6.07, 6.45) is 3.24. The van der Waals surface area contributed by atoms with Gasteiger partial charge in [-0.2, -0.15) is 5.10 Å². The van der Waals surface area contributed by atoms with E-state index in [2.05, 4.69) is 20.1 Å². The van der Waals surface area contributed by atoms with Crippen molar-refractivity contribution in [3.8, 4) is 0 Å². The first kappa shape index (κ1) is 11.4. The Hall–Kier alpha value is -1.73. The summed E-state index contributed by atoms with van der Waals surface area (Å²) >= 11 is 11.2. The zero-order valence-corrected chi connectivity index (χ0v) is 11.0. The monoisotopic (exact) mass is 280 g/mol. The summed E-state index contributed by atoms with van der Waals surface area (Å²) in [5.41, 5.74) is 1.56. The molecule has 18 heavy (non-hydrogen) atoms. The average Bonchev–Trinajstić information content (AvgIpc) is 2.84. The lowest BCUT2D eigenvalue weighted by molar-refractivity contribution is 0.704. The van der Waals surface area contributed by atoms with E-state index in [1.807, 2.05) is 11.6 Å². The van der Waals surface area contributed by atoms with E-state index in [0.29, 0.717) is 22.2 Å². The van der Waals surface area contributed by atoms with Crippen LogP contribution in [0, 0.1) is 4.77 Å². The van der Waals surface area contributed by atoms with Crippen LogP contribution >= 0.6 is 23.8 Å². The molecule has 6 nitrogen and oxygen atoms in total. The van der Waals surface area contributed by atoms with Crippen LogP contribution in [-0.4, -0.2) is 29.3 Å². The fourth-order valence-corrected chi connectivity index (χ4v) is 2.18. The molecule has 0 bridgehead atoms. The van der Waals surface area contributed by atoms with Crippen molar-refractivity contribution in [2.45, 2.75) is 6.54 Å². The second kappa shape index (κ2) is 4.18. The Bertz CT molecular complexity index is 770. The van der Waals surface area contributed by atoms with Crippen LogP contribution in [0.15, 0.2) is 18.6 Å². The second-order valence-corrected chi connectivity index (χ2v) is 4.70. The molecule has 0 aliphatic rings. The predicted octanol–water partition coefficient (Wildman–Crippen LogP) is 1.92. The molecule has 0 atom stereocenters. The Morgan fingerprint density at radius 2 is 2.28 bits per heavy atom. The fourth-order valence-electron chi connectivity index (χ4n) is 1.76. The molecule has 3 aromatic rings. The first-order valence-corrected chi connectivity index (χ1v) is 6.00. The maximum Gasteiger partial charge on any atom is 0.179 e. The number of imidazole rings is 1. The van der Waals surface area contributed by atoms with Crippen molar-refractivity contribution in [2.75, 3.05) is 0 Å². The number of aryl methyl sites for hydroxylation is 1. The van der Waals surface area contributed by atoms with Crippen LogP contribution in [0.3, 0.4) is 0 Å². The van der Waals surface area contributed by atoms with Crippen molar-refractivity contribution in [3.05, 3.63) is 34.2 Å². The van der Waals surface area contributed by atoms with E-state index >= 15 is 0 Å². The SMILES string of the molecule is Cn1cnc(Cn2c(=S)[nH]c3cc(Cl)cnc32)n1. The molecule has 0 aliphatic heterocycles. The zero-order valence-electron chi connectivity index (χ0n) is 9.46. The van der Waals surface area contributed by atoms with Crippen molar-refractivity contribution in [3.63, 3.8) is 0 Å². The van der Waals surface area contributed by atoms with Gasteiger partial charge in [0.15, 0.2) is 16.2 Å². The molecule has 0 amide bonds. The molecule has 0 spiro atoms. The molecule has 0 unspecified atom stereocenters. The highest BCUT2D eigenvalue weighted by Gasteiger charge is 2.09. The molecule has 0 aliphatic carbocycles. The number of H-pyrrole nitrogens is 1. The summed E-state index contributed by atoms with van der Waals surface area (Å²) in [4.78, 5) is 11.5. The standard InChI is InChI=1S/C10H9ClN6S/c1-16-5-13-8(15-16)4-17-9-7(14-10(17)18)2-6(11)3-12-9/h2-3,5H,4H2,1H3,(H,14,18). The topological polar surface area (TPSA) is 64.3 Å². The van der Waals surface area contributed by atoms with Crippen molar-refractivity contribution >= 4 is 35.0 Å². The highest BCUT2D eigenvalue weighted by atomic mass is 35.5. The van der Waals surface area contributed by atoms with Crippen LogP contribution in [0.5, 0.6) is 0 Å². The molecule has 1 N–H and O–H groups in total. The van der Waals surface area contributed by atoms with Crippen molar-refractivity contribution in [1.29, 1.82) is 0 Å². The van der Waals surface area contributed by atoms with Crippen LogP contribution in [0.25, 0.3) is 11.2 Å². The van der Waals surface area contributed by atoms with Gasteiger partial charge in [0.2, 0.25) is 0 Å². The number of aromatic amines is 1. The Balaban J connectivity index is 2.11. The Morgan fingerprint density at radius 3 is 3.00 bits per heavy atom. The van der Waals surface area contributed by atoms with Gasteiger partial charge in [0.05, 0.1) is 17.1 Å². The molecule has 0 saturated carbocycles. The second-order valence-electron chi connectivity index (χ2n) is 3.88. The number of nitrogens with zero attached hydrogens (tertiary/aromatic N) is 5. The molecule has 0 saturated heterocycles. The molecule has 0 fully saturated rings. The zero-order chi connectivity index (χ0) is 12.7. The normalized spacial score (nSPS) is 11.2. The van der Waals surface area contributed by atoms with Crippen LogP contribution in [0.2, 0.25) is 5.02 Å². The average molecular weight is 281 g/mol. The maximum atomic E-state index is 5.89. The first-order chi connectivity index (χ1) is 8.63. The van der Waals surface area contributed by atoms with E-state index in [9.17, 15) is 0 Å². The molecule has 3 rings (SSSR count). The lowest BCUT2D eigenvalue weighted by Crippen LogP contribution is -2.03. The van der Waals surface area contributed by atoms with Crippen molar-refractivity contribution in [2.24, 2.45) is 7.05 Å². The molecule has 3 aromatic heterocycles. The summed E-state index contributed by atoms with van der Waals surface area (Å²) < 4.78 is 4.07. The summed E-state index contributed by atoms with van der Waals surface area (Å²) in [5, 5.41) is 4.79. The Kier molecular flexibility index (Phi) is 2.64. The summed E-state index contributed by atoms with van der Waals surface area (Å²) in [6, 6.07) is 1.79. The summed E-state index contributed by atoms with van der Waals surface area (Å²) in [6.45, 7) is 0.480. The van der Waals surface area contributed by atoms with Crippen LogP contribution < -0.4 is 0 Å². The minimum absolute atomic E-state index is 0.480. The smallest absolute Gasteiger partial charge is 0.179 e. The third kappa shape index (κ3) is 1.91. The summed E-state index contributed by atoms with van der Waals surface area (Å²) in [5.74, 6) is 0.686. The van der Waals surface area contributed by atoms with Crippen molar-refractivity contribution < 1.29 is 0 Å². The quantitative estimate of drug-likeness (QED) is 0.729. The van der Waals surface area contributed by atoms with E-state index in [1.165, 1.54) is 0 Å². The van der Waals surface area contributed by atoms with Gasteiger partial charge in [-0.3, -0.25) is 9.25 Å². The number of nitrogens with one attached hydrogen (secondary N) is 1. The lowest BCUT2D eigenvalue weighted by atomic mass is 10.4. The molecule has 0 aromatic carbocycles. The largest absolute Gasteiger partial charge is 0.329 e. The highest BCUT2D eigenvalue weighted by molar-refractivity contribution is 7.71. The summed E-state index contributed by atoms with van der Waals surface area (Å²) in [7, 11) is 1.82. The molecule has 8 heteroatoms.